The lowest BCUT2D eigenvalue weighted by Gasteiger charge is -2.04. The molecule has 2 aromatic carbocycles. The lowest BCUT2D eigenvalue weighted by atomic mass is 10.1. The first-order valence-corrected chi connectivity index (χ1v) is 9.72. The van der Waals surface area contributed by atoms with Crippen molar-refractivity contribution in [3.8, 4) is 5.75 Å². The van der Waals surface area contributed by atoms with Crippen molar-refractivity contribution in [1.29, 1.82) is 0 Å². The van der Waals surface area contributed by atoms with Crippen LogP contribution in [0.5, 0.6) is 5.75 Å². The number of carbonyl (C=O) groups is 1. The third-order valence-electron chi connectivity index (χ3n) is 3.82. The Labute approximate surface area is 162 Å². The minimum Gasteiger partial charge on any atom is -0.486 e. The van der Waals surface area contributed by atoms with E-state index in [9.17, 15) is 4.79 Å². The van der Waals surface area contributed by atoms with Crippen molar-refractivity contribution in [2.45, 2.75) is 25.1 Å². The molecule has 140 valence electrons. The summed E-state index contributed by atoms with van der Waals surface area (Å²) >= 11 is 1.30. The van der Waals surface area contributed by atoms with Crippen LogP contribution >= 0.6 is 11.8 Å². The Morgan fingerprint density at radius 3 is 2.70 bits per heavy atom. The van der Waals surface area contributed by atoms with Crippen molar-refractivity contribution >= 4 is 17.7 Å². The molecule has 27 heavy (non-hydrogen) atoms. The number of thioether (sulfide) groups is 1. The molecular weight excluding hydrogens is 360 g/mol. The van der Waals surface area contributed by atoms with Gasteiger partial charge in [0, 0.05) is 6.54 Å². The number of hydrogen-bond acceptors (Lipinski definition) is 5. The number of aryl methyl sites for hydroxylation is 1. The van der Waals surface area contributed by atoms with Crippen molar-refractivity contribution in [3.63, 3.8) is 0 Å². The maximum absolute atomic E-state index is 11.9. The zero-order valence-corrected chi connectivity index (χ0v) is 16.0. The highest BCUT2D eigenvalue weighted by Gasteiger charge is 2.08. The average Bonchev–Trinajstić information content (AvgIpc) is 3.15. The minimum atomic E-state index is -0.0295. The van der Waals surface area contributed by atoms with Crippen molar-refractivity contribution < 1.29 is 9.53 Å². The summed E-state index contributed by atoms with van der Waals surface area (Å²) < 4.78 is 5.66. The molecule has 0 saturated carbocycles. The number of H-pyrrole nitrogens is 1. The molecule has 0 aliphatic heterocycles. The number of ether oxygens (including phenoxy) is 1. The fourth-order valence-electron chi connectivity index (χ4n) is 2.37. The highest BCUT2D eigenvalue weighted by atomic mass is 32.2. The Morgan fingerprint density at radius 2 is 1.93 bits per heavy atom. The Balaban J connectivity index is 1.36. The number of benzene rings is 2. The van der Waals surface area contributed by atoms with E-state index in [1.165, 1.54) is 22.9 Å². The first kappa shape index (κ1) is 19.0. The van der Waals surface area contributed by atoms with E-state index in [0.29, 0.717) is 24.1 Å². The van der Waals surface area contributed by atoms with Gasteiger partial charge in [0.25, 0.3) is 0 Å². The first-order chi connectivity index (χ1) is 13.2. The van der Waals surface area contributed by atoms with Gasteiger partial charge in [0.1, 0.15) is 12.4 Å². The summed E-state index contributed by atoms with van der Waals surface area (Å²) in [4.78, 5) is 16.3. The number of rotatable bonds is 9. The van der Waals surface area contributed by atoms with Crippen LogP contribution in [0.3, 0.4) is 0 Å². The van der Waals surface area contributed by atoms with Crippen LogP contribution < -0.4 is 10.1 Å². The quantitative estimate of drug-likeness (QED) is 0.556. The predicted octanol–water partition coefficient (Wildman–Crippen LogP) is 3.14. The van der Waals surface area contributed by atoms with E-state index in [1.54, 1.807) is 0 Å². The highest BCUT2D eigenvalue weighted by Crippen LogP contribution is 2.15. The van der Waals surface area contributed by atoms with Gasteiger partial charge in [-0.2, -0.15) is 0 Å². The summed E-state index contributed by atoms with van der Waals surface area (Å²) in [6.45, 7) is 2.95. The zero-order chi connectivity index (χ0) is 18.9. The molecule has 0 fully saturated rings. The van der Waals surface area contributed by atoms with Gasteiger partial charge in [-0.3, -0.25) is 9.89 Å². The van der Waals surface area contributed by atoms with Crippen molar-refractivity contribution in [1.82, 2.24) is 20.5 Å². The fraction of sp³-hybridized carbons (Fsp3) is 0.250. The van der Waals surface area contributed by atoms with Gasteiger partial charge in [0.2, 0.25) is 11.1 Å². The van der Waals surface area contributed by atoms with E-state index in [4.69, 9.17) is 4.74 Å². The van der Waals surface area contributed by atoms with E-state index in [2.05, 4.69) is 32.6 Å². The van der Waals surface area contributed by atoms with E-state index in [0.717, 1.165) is 12.2 Å². The predicted molar refractivity (Wildman–Crippen MR) is 106 cm³/mol. The van der Waals surface area contributed by atoms with Gasteiger partial charge < -0.3 is 10.1 Å². The summed E-state index contributed by atoms with van der Waals surface area (Å²) in [5.74, 6) is 1.66. The molecule has 6 nitrogen and oxygen atoms in total. The molecule has 1 heterocycles. The molecule has 0 aliphatic carbocycles. The van der Waals surface area contributed by atoms with Crippen LogP contribution in [0.25, 0.3) is 0 Å². The third kappa shape index (κ3) is 6.45. The smallest absolute Gasteiger partial charge is 0.230 e. The molecule has 0 radical (unpaired) electrons. The molecule has 1 amide bonds. The van der Waals surface area contributed by atoms with E-state index >= 15 is 0 Å². The summed E-state index contributed by atoms with van der Waals surface area (Å²) in [6, 6.07) is 17.9. The molecule has 0 aliphatic rings. The maximum atomic E-state index is 11.9. The number of nitrogens with zero attached hydrogens (tertiary/aromatic N) is 2. The number of nitrogens with one attached hydrogen (secondary N) is 2. The lowest BCUT2D eigenvalue weighted by molar-refractivity contribution is -0.118. The van der Waals surface area contributed by atoms with Crippen LogP contribution in [0.1, 0.15) is 17.0 Å². The topological polar surface area (TPSA) is 79.9 Å². The van der Waals surface area contributed by atoms with Gasteiger partial charge in [0.15, 0.2) is 5.82 Å². The summed E-state index contributed by atoms with van der Waals surface area (Å²) in [5.41, 5.74) is 2.39. The molecule has 0 atom stereocenters. The van der Waals surface area contributed by atoms with Gasteiger partial charge in [-0.05, 0) is 31.0 Å². The molecule has 7 heteroatoms. The largest absolute Gasteiger partial charge is 0.486 e. The summed E-state index contributed by atoms with van der Waals surface area (Å²) in [7, 11) is 0. The van der Waals surface area contributed by atoms with Crippen molar-refractivity contribution in [2.24, 2.45) is 0 Å². The van der Waals surface area contributed by atoms with Gasteiger partial charge >= 0.3 is 0 Å². The number of hydrogen-bond donors (Lipinski definition) is 2. The van der Waals surface area contributed by atoms with E-state index < -0.39 is 0 Å². The monoisotopic (exact) mass is 382 g/mol. The Bertz CT molecular complexity index is 850. The van der Waals surface area contributed by atoms with Gasteiger partial charge in [-0.25, -0.2) is 4.98 Å². The highest BCUT2D eigenvalue weighted by molar-refractivity contribution is 7.99. The second-order valence-corrected chi connectivity index (χ2v) is 6.98. The average molecular weight is 382 g/mol. The van der Waals surface area contributed by atoms with Crippen molar-refractivity contribution in [2.75, 3.05) is 12.3 Å². The second-order valence-electron chi connectivity index (χ2n) is 6.04. The number of aromatic nitrogens is 3. The van der Waals surface area contributed by atoms with Crippen LogP contribution in [0.4, 0.5) is 0 Å². The van der Waals surface area contributed by atoms with Gasteiger partial charge in [-0.15, -0.1) is 5.10 Å². The normalized spacial score (nSPS) is 10.6. The molecule has 2 N–H and O–H groups in total. The van der Waals surface area contributed by atoms with Crippen molar-refractivity contribution in [3.05, 3.63) is 71.5 Å². The molecule has 0 saturated heterocycles. The second kappa shape index (κ2) is 9.78. The molecule has 1 aromatic heterocycles. The number of amides is 1. The van der Waals surface area contributed by atoms with Crippen LogP contribution in [0.15, 0.2) is 59.8 Å². The minimum absolute atomic E-state index is 0.0295. The molecule has 0 spiro atoms. The standard InChI is InChI=1S/C20H22N4O2S/c1-15-7-9-17(10-8-15)26-13-18-22-20(24-23-18)27-14-19(25)21-12-11-16-5-3-2-4-6-16/h2-10H,11-14H2,1H3,(H,21,25)(H,22,23,24). The third-order valence-corrected chi connectivity index (χ3v) is 4.67. The van der Waals surface area contributed by atoms with E-state index in [-0.39, 0.29) is 11.7 Å². The Morgan fingerprint density at radius 1 is 1.15 bits per heavy atom. The Hall–Kier alpha value is -2.80. The fourth-order valence-corrected chi connectivity index (χ4v) is 3.01. The van der Waals surface area contributed by atoms with Gasteiger partial charge in [-0.1, -0.05) is 59.8 Å². The van der Waals surface area contributed by atoms with Crippen LogP contribution in [0.2, 0.25) is 0 Å². The first-order valence-electron chi connectivity index (χ1n) is 8.73. The molecule has 0 unspecified atom stereocenters. The molecular formula is C20H22N4O2S. The SMILES string of the molecule is Cc1ccc(OCc2nc(SCC(=O)NCCc3ccccc3)n[nH]2)cc1. The van der Waals surface area contributed by atoms with Crippen LogP contribution in [-0.4, -0.2) is 33.4 Å². The molecule has 0 bridgehead atoms. The summed E-state index contributed by atoms with van der Waals surface area (Å²) in [6.07, 6.45) is 0.818. The Kier molecular flexibility index (Phi) is 6.87. The van der Waals surface area contributed by atoms with Gasteiger partial charge in [0.05, 0.1) is 5.75 Å². The zero-order valence-electron chi connectivity index (χ0n) is 15.1. The maximum Gasteiger partial charge on any atom is 0.230 e. The van der Waals surface area contributed by atoms with Crippen LogP contribution in [-0.2, 0) is 17.8 Å². The molecule has 3 aromatic rings. The van der Waals surface area contributed by atoms with Crippen LogP contribution in [0, 0.1) is 6.92 Å². The van der Waals surface area contributed by atoms with E-state index in [1.807, 2.05) is 49.4 Å². The lowest BCUT2D eigenvalue weighted by Crippen LogP contribution is -2.27. The molecule has 3 rings (SSSR count). The summed E-state index contributed by atoms with van der Waals surface area (Å²) in [5, 5.41) is 10.4. The number of aromatic amines is 1. The number of carbonyl (C=O) groups excluding carboxylic acids is 1.